The van der Waals surface area contributed by atoms with E-state index < -0.39 is 77.6 Å². The summed E-state index contributed by atoms with van der Waals surface area (Å²) in [7, 11) is 1.32. The monoisotopic (exact) mass is 806 g/mol. The quantitative estimate of drug-likeness (QED) is 0.129. The number of methoxy groups -OCH3 is 1. The Morgan fingerprint density at radius 2 is 1.07 bits per heavy atom. The zero-order valence-corrected chi connectivity index (χ0v) is 36.0. The number of fused-ring (bicyclic) bond motifs is 2. The van der Waals surface area contributed by atoms with Crippen LogP contribution >= 0.6 is 0 Å². The van der Waals surface area contributed by atoms with Crippen LogP contribution in [0, 0.1) is 34.5 Å². The van der Waals surface area contributed by atoms with Crippen molar-refractivity contribution in [2.45, 2.75) is 131 Å². The van der Waals surface area contributed by atoms with Crippen molar-refractivity contribution >= 4 is 35.9 Å². The second-order valence-electron chi connectivity index (χ2n) is 18.5. The number of carboxylic acids is 1. The van der Waals surface area contributed by atoms with Gasteiger partial charge in [-0.25, -0.2) is 19.2 Å². The van der Waals surface area contributed by atoms with Crippen LogP contribution in [0.2, 0.25) is 0 Å². The van der Waals surface area contributed by atoms with Crippen molar-refractivity contribution in [1.29, 1.82) is 0 Å². The number of ether oxygens (including phenoxy) is 5. The Kier molecular flexibility index (Phi) is 14.7. The van der Waals surface area contributed by atoms with Gasteiger partial charge in [0.25, 0.3) is 0 Å². The number of carbonyl (C=O) groups is 6. The Bertz CT molecular complexity index is 1550. The number of alkyl carbamates (subject to hydrolysis) is 2. The van der Waals surface area contributed by atoms with Crippen molar-refractivity contribution < 1.29 is 57.6 Å². The number of nitrogens with one attached hydrogen (secondary N) is 2. The van der Waals surface area contributed by atoms with Crippen LogP contribution in [0.25, 0.3) is 0 Å². The van der Waals surface area contributed by atoms with Crippen molar-refractivity contribution in [3.63, 3.8) is 0 Å². The second-order valence-corrected chi connectivity index (χ2v) is 18.5. The number of amides is 4. The zero-order chi connectivity index (χ0) is 43.6. The lowest BCUT2D eigenvalue weighted by atomic mass is 9.99. The average molecular weight is 807 g/mol. The van der Waals surface area contributed by atoms with E-state index in [2.05, 4.69) is 37.6 Å². The molecule has 0 aromatic heterocycles. The first kappa shape index (κ1) is 47.2. The highest BCUT2D eigenvalue weighted by Gasteiger charge is 2.71. The van der Waals surface area contributed by atoms with E-state index in [9.17, 15) is 33.9 Å². The van der Waals surface area contributed by atoms with Crippen LogP contribution in [0.1, 0.15) is 83.1 Å². The van der Waals surface area contributed by atoms with Gasteiger partial charge in [0.15, 0.2) is 0 Å². The number of aliphatic carboxylic acids is 1. The molecule has 16 nitrogen and oxygen atoms in total. The second kappa shape index (κ2) is 17.8. The van der Waals surface area contributed by atoms with Crippen LogP contribution < -0.4 is 10.6 Å². The molecule has 10 atom stereocenters. The van der Waals surface area contributed by atoms with Gasteiger partial charge in [0.05, 0.1) is 32.5 Å². The molecule has 4 amide bonds. The maximum absolute atomic E-state index is 13.4. The molecule has 16 heteroatoms. The summed E-state index contributed by atoms with van der Waals surface area (Å²) in [4.78, 5) is 78.4. The number of piperidine rings is 2. The van der Waals surface area contributed by atoms with Crippen LogP contribution in [0.5, 0.6) is 0 Å². The lowest BCUT2D eigenvalue weighted by molar-refractivity contribution is -0.155. The topological polar surface area (TPSA) is 199 Å². The first-order chi connectivity index (χ1) is 26.2. The summed E-state index contributed by atoms with van der Waals surface area (Å²) >= 11 is 0. The van der Waals surface area contributed by atoms with Gasteiger partial charge in [0.1, 0.15) is 35.4 Å². The summed E-state index contributed by atoms with van der Waals surface area (Å²) in [5.74, 6) is -1.99. The predicted octanol–water partition coefficient (Wildman–Crippen LogP) is 4.17. The van der Waals surface area contributed by atoms with Gasteiger partial charge in [-0.3, -0.25) is 9.59 Å². The first-order valence-corrected chi connectivity index (χ1v) is 19.5. The predicted molar refractivity (Wildman–Crippen MR) is 210 cm³/mol. The summed E-state index contributed by atoms with van der Waals surface area (Å²) in [5.41, 5.74) is -1.56. The van der Waals surface area contributed by atoms with Crippen molar-refractivity contribution in [2.24, 2.45) is 34.5 Å². The molecule has 322 valence electrons. The fourth-order valence-electron chi connectivity index (χ4n) is 8.32. The molecule has 0 spiro atoms. The van der Waals surface area contributed by atoms with E-state index >= 15 is 0 Å². The average Bonchev–Trinajstić information content (AvgIpc) is 3.56. The van der Waals surface area contributed by atoms with Crippen molar-refractivity contribution in [3.05, 3.63) is 25.3 Å². The van der Waals surface area contributed by atoms with Gasteiger partial charge in [0, 0.05) is 24.9 Å². The molecule has 2 heterocycles. The summed E-state index contributed by atoms with van der Waals surface area (Å²) in [5, 5.41) is 14.9. The number of likely N-dealkylation sites (tertiary alicyclic amines) is 2. The van der Waals surface area contributed by atoms with Gasteiger partial charge in [-0.15, -0.1) is 13.2 Å². The third-order valence-electron chi connectivity index (χ3n) is 11.4. The van der Waals surface area contributed by atoms with Gasteiger partial charge in [0.2, 0.25) is 11.8 Å². The number of carboxylic acid groups (broad SMARTS) is 1. The molecule has 0 aromatic rings. The molecule has 2 aliphatic carbocycles. The Hall–Kier alpha value is -4.18. The van der Waals surface area contributed by atoms with E-state index in [0.29, 0.717) is 13.1 Å². The number of carbonyl (C=O) groups excluding carboxylic acids is 5. The number of nitrogens with zero attached hydrogens (tertiary/aromatic N) is 2. The van der Waals surface area contributed by atoms with E-state index in [1.165, 1.54) is 16.9 Å². The molecular weight excluding hydrogens is 740 g/mol. The molecule has 4 rings (SSSR count). The van der Waals surface area contributed by atoms with Gasteiger partial charge < -0.3 is 49.2 Å². The van der Waals surface area contributed by atoms with Crippen molar-refractivity contribution in [3.8, 4) is 0 Å². The van der Waals surface area contributed by atoms with Crippen LogP contribution in [-0.4, -0.2) is 132 Å². The molecule has 4 aliphatic rings. The number of hydrogen-bond donors (Lipinski definition) is 3. The van der Waals surface area contributed by atoms with Gasteiger partial charge in [-0.2, -0.15) is 0 Å². The molecule has 0 unspecified atom stereocenters. The van der Waals surface area contributed by atoms with E-state index in [1.807, 2.05) is 13.8 Å². The Labute approximate surface area is 337 Å². The van der Waals surface area contributed by atoms with Crippen molar-refractivity contribution in [2.75, 3.05) is 33.4 Å². The van der Waals surface area contributed by atoms with Gasteiger partial charge in [-0.05, 0) is 78.1 Å². The molecule has 2 aliphatic heterocycles. The van der Waals surface area contributed by atoms with E-state index in [4.69, 9.17) is 23.7 Å². The highest BCUT2D eigenvalue weighted by atomic mass is 16.6. The zero-order valence-electron chi connectivity index (χ0n) is 36.0. The largest absolute Gasteiger partial charge is 0.480 e. The maximum atomic E-state index is 13.4. The van der Waals surface area contributed by atoms with Crippen LogP contribution in [-0.2, 0) is 42.9 Å². The third-order valence-corrected chi connectivity index (χ3v) is 11.4. The molecule has 0 bridgehead atoms. The minimum atomic E-state index is -1.06. The molecule has 2 saturated carbocycles. The van der Waals surface area contributed by atoms with E-state index in [-0.39, 0.29) is 53.6 Å². The van der Waals surface area contributed by atoms with Crippen molar-refractivity contribution in [1.82, 2.24) is 20.4 Å². The van der Waals surface area contributed by atoms with Gasteiger partial charge in [-0.1, -0.05) is 39.8 Å². The maximum Gasteiger partial charge on any atom is 0.408 e. The number of esters is 1. The summed E-state index contributed by atoms with van der Waals surface area (Å²) in [6, 6.07) is -3.63. The minimum absolute atomic E-state index is 0.0192. The van der Waals surface area contributed by atoms with E-state index in [1.54, 1.807) is 67.5 Å². The fourth-order valence-corrected chi connectivity index (χ4v) is 8.32. The molecule has 3 N–H and O–H groups in total. The molecule has 4 fully saturated rings. The summed E-state index contributed by atoms with van der Waals surface area (Å²) < 4.78 is 26.7. The lowest BCUT2D eigenvalue weighted by Gasteiger charge is -2.34. The smallest absolute Gasteiger partial charge is 0.408 e. The highest BCUT2D eigenvalue weighted by Crippen LogP contribution is 2.66. The normalized spacial score (nSPS) is 27.0. The molecule has 2 saturated heterocycles. The van der Waals surface area contributed by atoms with Crippen LogP contribution in [0.4, 0.5) is 9.59 Å². The standard InChI is InChI=1S/C21H34N2O6.C20H32N2O6/c1-9-10-28-12(2)15(22-19(26)29-20(3,4)5)17(24)23-11-13-14(21(13,6)7)16(23)18(25)27-8;1-8-9-27-11(2)14(21-18(26)28-19(3,4)5)16(23)22-10-12-13(20(12,6)7)15(22)17(24)25/h9,12-16H,1,10-11H2,2-8H3,(H,22,26);8,11-15H,1,9-10H2,2-7H3,(H,21,26)(H,24,25)/t12-,13-,14-,15-,16-;11-,12-,13-,14-,15-/m00/s1. The summed E-state index contributed by atoms with van der Waals surface area (Å²) in [6.07, 6.45) is 0.310. The SMILES string of the molecule is C=CCO[C@@H](C)[C@H](NC(=O)OC(C)(C)C)C(=O)N1C[C@H]2[C@@H]([C@H]1C(=O)O)C2(C)C.C=CCO[C@@H](C)[C@H](NC(=O)OC(C)(C)C)C(=O)N1C[C@H]2[C@@H]([C@H]1C(=O)OC)C2(C)C. The highest BCUT2D eigenvalue weighted by molar-refractivity contribution is 5.92. The summed E-state index contributed by atoms with van der Waals surface area (Å²) in [6.45, 7) is 30.3. The number of rotatable bonds is 14. The molecule has 0 aromatic carbocycles. The molecule has 57 heavy (non-hydrogen) atoms. The molecular formula is C41H66N4O12. The Morgan fingerprint density at radius 3 is 1.39 bits per heavy atom. The first-order valence-electron chi connectivity index (χ1n) is 19.5. The van der Waals surface area contributed by atoms with Gasteiger partial charge >= 0.3 is 24.1 Å². The third kappa shape index (κ3) is 11.1. The minimum Gasteiger partial charge on any atom is -0.480 e. The molecule has 0 radical (unpaired) electrons. The van der Waals surface area contributed by atoms with Crippen LogP contribution in [0.3, 0.4) is 0 Å². The number of hydrogen-bond acceptors (Lipinski definition) is 11. The fraction of sp³-hybridized carbons (Fsp3) is 0.756. The lowest BCUT2D eigenvalue weighted by Crippen LogP contribution is -2.58. The van der Waals surface area contributed by atoms with E-state index in [0.717, 1.165) is 0 Å². The Morgan fingerprint density at radius 1 is 0.719 bits per heavy atom. The Balaban J connectivity index is 0.000000306. The van der Waals surface area contributed by atoms with Crippen LogP contribution in [0.15, 0.2) is 25.3 Å².